The second kappa shape index (κ2) is 7.01. The molecule has 0 amide bonds. The van der Waals surface area contributed by atoms with Gasteiger partial charge < -0.3 is 5.73 Å². The molecule has 3 aromatic carbocycles. The predicted octanol–water partition coefficient (Wildman–Crippen LogP) is 2.99. The Bertz CT molecular complexity index is 1100. The van der Waals surface area contributed by atoms with Gasteiger partial charge in [0, 0.05) is 5.69 Å². The van der Waals surface area contributed by atoms with Crippen molar-refractivity contribution < 1.29 is 21.2 Å². The van der Waals surface area contributed by atoms with Gasteiger partial charge in [0.15, 0.2) is 0 Å². The zero-order valence-electron chi connectivity index (χ0n) is 13.9. The van der Waals surface area contributed by atoms with Crippen molar-refractivity contribution in [3.05, 3.63) is 84.7 Å². The molecule has 2 N–H and O–H groups in total. The predicted molar refractivity (Wildman–Crippen MR) is 101 cm³/mol. The smallest absolute Gasteiger partial charge is 0.277 e. The Kier molecular flexibility index (Phi) is 4.90. The summed E-state index contributed by atoms with van der Waals surface area (Å²) in [6.45, 7) is 0. The molecule has 0 aliphatic carbocycles. The van der Waals surface area contributed by atoms with Crippen LogP contribution in [0.3, 0.4) is 0 Å². The monoisotopic (exact) mass is 406 g/mol. The zero-order chi connectivity index (χ0) is 19.7. The van der Waals surface area contributed by atoms with Crippen LogP contribution in [0.25, 0.3) is 0 Å². The van der Waals surface area contributed by atoms with Gasteiger partial charge in [-0.2, -0.15) is 3.71 Å². The van der Waals surface area contributed by atoms with E-state index in [9.17, 15) is 21.2 Å². The summed E-state index contributed by atoms with van der Waals surface area (Å²) < 4.78 is 67.2. The van der Waals surface area contributed by atoms with Gasteiger partial charge in [0.2, 0.25) is 0 Å². The SMILES string of the molecule is Nc1ccc(F)c(N(S(=O)(=O)c2ccccc2)S(=O)(=O)c2ccccc2)c1. The molecule has 0 heterocycles. The Morgan fingerprint density at radius 2 is 1.15 bits per heavy atom. The van der Waals surface area contributed by atoms with Gasteiger partial charge >= 0.3 is 0 Å². The van der Waals surface area contributed by atoms with E-state index >= 15 is 0 Å². The van der Waals surface area contributed by atoms with Gasteiger partial charge in [-0.15, -0.1) is 0 Å². The van der Waals surface area contributed by atoms with Gasteiger partial charge in [-0.05, 0) is 42.5 Å². The summed E-state index contributed by atoms with van der Waals surface area (Å²) in [6.07, 6.45) is 0. The van der Waals surface area contributed by atoms with E-state index in [1.165, 1.54) is 54.6 Å². The molecule has 140 valence electrons. The standard InChI is InChI=1S/C18H15FN2O4S2/c19-17-12-11-14(20)13-18(17)21(26(22,23)15-7-3-1-4-8-15)27(24,25)16-9-5-2-6-10-16/h1-13H,20H2. The molecular formula is C18H15FN2O4S2. The Morgan fingerprint density at radius 3 is 1.59 bits per heavy atom. The number of nitrogen functional groups attached to an aromatic ring is 1. The molecule has 0 aromatic heterocycles. The molecule has 3 rings (SSSR count). The van der Waals surface area contributed by atoms with Gasteiger partial charge in [-0.25, -0.2) is 21.2 Å². The van der Waals surface area contributed by atoms with Crippen LogP contribution >= 0.6 is 0 Å². The van der Waals surface area contributed by atoms with Crippen molar-refractivity contribution in [2.24, 2.45) is 0 Å². The van der Waals surface area contributed by atoms with Gasteiger partial charge in [-0.3, -0.25) is 0 Å². The minimum atomic E-state index is -4.65. The fraction of sp³-hybridized carbons (Fsp3) is 0. The van der Waals surface area contributed by atoms with Gasteiger partial charge in [0.1, 0.15) is 11.5 Å². The first kappa shape index (κ1) is 18.9. The molecule has 0 fully saturated rings. The number of sulfonamides is 2. The maximum Gasteiger partial charge on any atom is 0.277 e. The number of anilines is 2. The quantitative estimate of drug-likeness (QED) is 0.657. The second-order valence-electron chi connectivity index (χ2n) is 5.54. The number of nitrogens with two attached hydrogens (primary N) is 1. The van der Waals surface area contributed by atoms with Crippen LogP contribution in [0.1, 0.15) is 0 Å². The Morgan fingerprint density at radius 1 is 0.704 bits per heavy atom. The summed E-state index contributed by atoms with van der Waals surface area (Å²) >= 11 is 0. The summed E-state index contributed by atoms with van der Waals surface area (Å²) in [7, 11) is -9.30. The number of hydrogen-bond donors (Lipinski definition) is 1. The molecule has 27 heavy (non-hydrogen) atoms. The third kappa shape index (κ3) is 3.51. The van der Waals surface area contributed by atoms with Gasteiger partial charge in [0.25, 0.3) is 20.0 Å². The molecule has 0 radical (unpaired) electrons. The molecule has 0 unspecified atom stereocenters. The highest BCUT2D eigenvalue weighted by Gasteiger charge is 2.38. The molecule has 0 saturated heterocycles. The van der Waals surface area contributed by atoms with Crippen molar-refractivity contribution in [1.29, 1.82) is 0 Å². The van der Waals surface area contributed by atoms with Crippen LogP contribution in [-0.4, -0.2) is 16.8 Å². The number of rotatable bonds is 5. The minimum absolute atomic E-state index is 0.0166. The number of hydrogen-bond acceptors (Lipinski definition) is 5. The van der Waals surface area contributed by atoms with E-state index in [0.717, 1.165) is 12.1 Å². The largest absolute Gasteiger partial charge is 0.399 e. The lowest BCUT2D eigenvalue weighted by Crippen LogP contribution is -2.37. The molecule has 0 atom stereocenters. The second-order valence-corrected chi connectivity index (χ2v) is 9.35. The van der Waals surface area contributed by atoms with Gasteiger partial charge in [0.05, 0.1) is 9.79 Å². The van der Waals surface area contributed by atoms with Crippen molar-refractivity contribution >= 4 is 31.4 Å². The van der Waals surface area contributed by atoms with E-state index in [4.69, 9.17) is 5.73 Å². The number of nitrogens with zero attached hydrogens (tertiary/aromatic N) is 1. The van der Waals surface area contributed by atoms with E-state index in [-0.39, 0.29) is 19.2 Å². The maximum atomic E-state index is 14.5. The average molecular weight is 406 g/mol. The van der Waals surface area contributed by atoms with E-state index in [1.807, 2.05) is 0 Å². The lowest BCUT2D eigenvalue weighted by atomic mass is 10.3. The van der Waals surface area contributed by atoms with Crippen LogP contribution < -0.4 is 9.44 Å². The first-order valence-electron chi connectivity index (χ1n) is 7.70. The number of halogens is 1. The third-order valence-electron chi connectivity index (χ3n) is 3.69. The van der Waals surface area contributed by atoms with Crippen molar-refractivity contribution in [1.82, 2.24) is 0 Å². The van der Waals surface area contributed by atoms with Crippen LogP contribution in [-0.2, 0) is 20.0 Å². The minimum Gasteiger partial charge on any atom is -0.399 e. The van der Waals surface area contributed by atoms with Crippen LogP contribution in [0.15, 0.2) is 88.7 Å². The molecule has 0 spiro atoms. The first-order chi connectivity index (χ1) is 12.7. The fourth-order valence-electron chi connectivity index (χ4n) is 2.43. The van der Waals surface area contributed by atoms with Crippen LogP contribution in [0, 0.1) is 5.82 Å². The Balaban J connectivity index is 2.33. The highest BCUT2D eigenvalue weighted by Crippen LogP contribution is 2.33. The summed E-state index contributed by atoms with van der Waals surface area (Å²) in [4.78, 5) is -0.599. The molecule has 9 heteroatoms. The molecule has 0 aliphatic heterocycles. The van der Waals surface area contributed by atoms with Crippen molar-refractivity contribution in [2.45, 2.75) is 9.79 Å². The maximum absolute atomic E-state index is 14.5. The highest BCUT2D eigenvalue weighted by molar-refractivity contribution is 8.10. The van der Waals surface area contributed by atoms with Crippen LogP contribution in [0.5, 0.6) is 0 Å². The Labute approximate surface area is 156 Å². The summed E-state index contributed by atoms with van der Waals surface area (Å²) in [5.74, 6) is -1.04. The van der Waals surface area contributed by atoms with E-state index in [0.29, 0.717) is 0 Å². The average Bonchev–Trinajstić information content (AvgIpc) is 2.66. The zero-order valence-corrected chi connectivity index (χ0v) is 15.5. The molecule has 0 aliphatic rings. The Hall–Kier alpha value is -2.91. The third-order valence-corrected chi connectivity index (χ3v) is 7.87. The molecular weight excluding hydrogens is 391 g/mol. The van der Waals surface area contributed by atoms with Crippen LogP contribution in [0.4, 0.5) is 15.8 Å². The molecule has 6 nitrogen and oxygen atoms in total. The topological polar surface area (TPSA) is 97.5 Å². The summed E-state index contributed by atoms with van der Waals surface area (Å²) in [5.41, 5.74) is 4.98. The normalized spacial score (nSPS) is 11.9. The van der Waals surface area contributed by atoms with E-state index in [1.54, 1.807) is 12.1 Å². The first-order valence-corrected chi connectivity index (χ1v) is 10.6. The lowest BCUT2D eigenvalue weighted by molar-refractivity contribution is 0.579. The van der Waals surface area contributed by atoms with Gasteiger partial charge in [-0.1, -0.05) is 36.4 Å². The highest BCUT2D eigenvalue weighted by atomic mass is 32.3. The molecule has 0 saturated carbocycles. The summed E-state index contributed by atoms with van der Waals surface area (Å²) in [6, 6.07) is 16.9. The van der Waals surface area contributed by atoms with E-state index in [2.05, 4.69) is 0 Å². The van der Waals surface area contributed by atoms with E-state index < -0.39 is 31.6 Å². The number of benzene rings is 3. The van der Waals surface area contributed by atoms with Crippen molar-refractivity contribution in [3.63, 3.8) is 0 Å². The van der Waals surface area contributed by atoms with Crippen molar-refractivity contribution in [2.75, 3.05) is 9.44 Å². The lowest BCUT2D eigenvalue weighted by Gasteiger charge is -2.24. The molecule has 3 aromatic rings. The summed E-state index contributed by atoms with van der Waals surface area (Å²) in [5, 5.41) is 0. The fourth-order valence-corrected chi connectivity index (χ4v) is 6.17. The van der Waals surface area contributed by atoms with Crippen LogP contribution in [0.2, 0.25) is 0 Å². The van der Waals surface area contributed by atoms with Crippen molar-refractivity contribution in [3.8, 4) is 0 Å². The molecule has 0 bridgehead atoms.